The van der Waals surface area contributed by atoms with Gasteiger partial charge < -0.3 is 10.4 Å². The second-order valence-corrected chi connectivity index (χ2v) is 6.10. The highest BCUT2D eigenvalue weighted by Crippen LogP contribution is 2.16. The fraction of sp³-hybridized carbons (Fsp3) is 0.733. The minimum absolute atomic E-state index is 0.305. The molecule has 1 unspecified atom stereocenters. The van der Waals surface area contributed by atoms with Crippen molar-refractivity contribution in [1.82, 2.24) is 20.0 Å². The number of carbonyl (C=O) groups is 1. The maximum absolute atomic E-state index is 11.3. The van der Waals surface area contributed by atoms with Crippen LogP contribution in [0, 0.1) is 0 Å². The average molecular weight is 294 g/mol. The molecule has 0 aromatic carbocycles. The van der Waals surface area contributed by atoms with Crippen molar-refractivity contribution in [2.75, 3.05) is 13.1 Å². The molecule has 1 fully saturated rings. The van der Waals surface area contributed by atoms with Crippen molar-refractivity contribution in [1.29, 1.82) is 0 Å². The topological polar surface area (TPSA) is 70.4 Å². The number of nitrogens with zero attached hydrogens (tertiary/aromatic N) is 3. The lowest BCUT2D eigenvalue weighted by molar-refractivity contribution is 0.0693. The first-order chi connectivity index (χ1) is 9.99. The average Bonchev–Trinajstić information content (AvgIpc) is 2.80. The molecule has 21 heavy (non-hydrogen) atoms. The predicted octanol–water partition coefficient (Wildman–Crippen LogP) is 1.47. The Morgan fingerprint density at radius 2 is 2.33 bits per heavy atom. The van der Waals surface area contributed by atoms with Gasteiger partial charge in [-0.05, 0) is 33.2 Å². The van der Waals surface area contributed by atoms with E-state index < -0.39 is 5.97 Å². The summed E-state index contributed by atoms with van der Waals surface area (Å²) in [5.41, 5.74) is 1.08. The van der Waals surface area contributed by atoms with Crippen LogP contribution in [0.15, 0.2) is 6.20 Å². The molecule has 0 radical (unpaired) electrons. The Balaban J connectivity index is 2.09. The van der Waals surface area contributed by atoms with E-state index in [4.69, 9.17) is 0 Å². The molecule has 2 heterocycles. The van der Waals surface area contributed by atoms with Gasteiger partial charge in [0.2, 0.25) is 0 Å². The van der Waals surface area contributed by atoms with Gasteiger partial charge in [0.1, 0.15) is 5.56 Å². The van der Waals surface area contributed by atoms with Crippen LogP contribution in [0.1, 0.15) is 49.2 Å². The molecule has 6 nitrogen and oxygen atoms in total. The minimum Gasteiger partial charge on any atom is -0.478 e. The third-order valence-electron chi connectivity index (χ3n) is 4.24. The number of aromatic nitrogens is 2. The third kappa shape index (κ3) is 4.04. The summed E-state index contributed by atoms with van der Waals surface area (Å²) in [5.74, 6) is -0.905. The maximum atomic E-state index is 11.3. The number of nitrogens with one attached hydrogen (secondary N) is 1. The fourth-order valence-electron chi connectivity index (χ4n) is 2.84. The van der Waals surface area contributed by atoms with Gasteiger partial charge in [-0.25, -0.2) is 4.79 Å². The van der Waals surface area contributed by atoms with E-state index >= 15 is 0 Å². The molecule has 0 saturated carbocycles. The zero-order valence-corrected chi connectivity index (χ0v) is 13.2. The quantitative estimate of drug-likeness (QED) is 0.831. The van der Waals surface area contributed by atoms with Crippen LogP contribution in [0.4, 0.5) is 0 Å². The number of aromatic carboxylic acids is 1. The van der Waals surface area contributed by atoms with E-state index in [9.17, 15) is 9.90 Å². The maximum Gasteiger partial charge on any atom is 0.339 e. The molecule has 1 aliphatic rings. The SMILES string of the molecule is CC(C)N(Cc1c(C(=O)O)cnn1C)CC1CCCCN1. The number of hydrogen-bond donors (Lipinski definition) is 2. The first-order valence-corrected chi connectivity index (χ1v) is 7.70. The minimum atomic E-state index is -0.905. The molecule has 0 aliphatic carbocycles. The Labute approximate surface area is 126 Å². The Kier molecular flexibility index (Phi) is 5.36. The van der Waals surface area contributed by atoms with E-state index in [1.54, 1.807) is 11.7 Å². The van der Waals surface area contributed by atoms with Crippen molar-refractivity contribution >= 4 is 5.97 Å². The molecule has 2 rings (SSSR count). The van der Waals surface area contributed by atoms with Gasteiger partial charge in [0.25, 0.3) is 0 Å². The van der Waals surface area contributed by atoms with Crippen LogP contribution in [0.3, 0.4) is 0 Å². The van der Waals surface area contributed by atoms with Gasteiger partial charge in [-0.15, -0.1) is 0 Å². The Hall–Kier alpha value is -1.40. The van der Waals surface area contributed by atoms with Gasteiger partial charge in [-0.3, -0.25) is 9.58 Å². The second kappa shape index (κ2) is 7.04. The molecule has 0 bridgehead atoms. The number of hydrogen-bond acceptors (Lipinski definition) is 4. The Morgan fingerprint density at radius 1 is 1.57 bits per heavy atom. The van der Waals surface area contributed by atoms with Crippen LogP contribution in [-0.2, 0) is 13.6 Å². The lowest BCUT2D eigenvalue weighted by Crippen LogP contribution is -2.45. The van der Waals surface area contributed by atoms with E-state index in [0.717, 1.165) is 18.8 Å². The molecular formula is C15H26N4O2. The molecular weight excluding hydrogens is 268 g/mol. The van der Waals surface area contributed by atoms with Crippen LogP contribution in [0.2, 0.25) is 0 Å². The third-order valence-corrected chi connectivity index (χ3v) is 4.24. The first kappa shape index (κ1) is 16.0. The molecule has 0 spiro atoms. The van der Waals surface area contributed by atoms with Crippen LogP contribution in [-0.4, -0.2) is 50.9 Å². The Morgan fingerprint density at radius 3 is 2.90 bits per heavy atom. The van der Waals surface area contributed by atoms with Gasteiger partial charge >= 0.3 is 5.97 Å². The van der Waals surface area contributed by atoms with Gasteiger partial charge in [0, 0.05) is 32.2 Å². The highest BCUT2D eigenvalue weighted by molar-refractivity contribution is 5.88. The molecule has 1 atom stereocenters. The van der Waals surface area contributed by atoms with Crippen molar-refractivity contribution < 1.29 is 9.90 Å². The van der Waals surface area contributed by atoms with E-state index in [-0.39, 0.29) is 0 Å². The molecule has 1 aliphatic heterocycles. The smallest absolute Gasteiger partial charge is 0.339 e. The van der Waals surface area contributed by atoms with Crippen LogP contribution < -0.4 is 5.32 Å². The summed E-state index contributed by atoms with van der Waals surface area (Å²) < 4.78 is 1.67. The molecule has 2 N–H and O–H groups in total. The Bertz CT molecular complexity index is 478. The van der Waals surface area contributed by atoms with E-state index in [1.807, 2.05) is 0 Å². The first-order valence-electron chi connectivity index (χ1n) is 7.70. The van der Waals surface area contributed by atoms with Gasteiger partial charge in [0.05, 0.1) is 11.9 Å². The van der Waals surface area contributed by atoms with Gasteiger partial charge in [0.15, 0.2) is 0 Å². The summed E-state index contributed by atoms with van der Waals surface area (Å²) in [5, 5.41) is 16.9. The standard InChI is InChI=1S/C15H26N4O2/c1-11(2)19(9-12-6-4-5-7-16-12)10-14-13(15(20)21)8-17-18(14)3/h8,11-12,16H,4-7,9-10H2,1-3H3,(H,20,21). The van der Waals surface area contributed by atoms with Crippen LogP contribution in [0.5, 0.6) is 0 Å². The lowest BCUT2D eigenvalue weighted by atomic mass is 10.0. The van der Waals surface area contributed by atoms with Gasteiger partial charge in [-0.2, -0.15) is 5.10 Å². The fourth-order valence-corrected chi connectivity index (χ4v) is 2.84. The number of rotatable bonds is 6. The summed E-state index contributed by atoms with van der Waals surface area (Å²) in [6, 6.07) is 0.868. The lowest BCUT2D eigenvalue weighted by Gasteiger charge is -2.33. The molecule has 1 aromatic rings. The summed E-state index contributed by atoms with van der Waals surface area (Å²) in [6.45, 7) is 6.96. The van der Waals surface area contributed by atoms with Crippen molar-refractivity contribution in [2.24, 2.45) is 7.05 Å². The van der Waals surface area contributed by atoms with Crippen molar-refractivity contribution in [3.63, 3.8) is 0 Å². The molecule has 118 valence electrons. The molecule has 6 heteroatoms. The van der Waals surface area contributed by atoms with Crippen LogP contribution >= 0.6 is 0 Å². The van der Waals surface area contributed by atoms with Gasteiger partial charge in [-0.1, -0.05) is 6.42 Å². The number of carboxylic acid groups (broad SMARTS) is 1. The number of piperidine rings is 1. The molecule has 0 amide bonds. The van der Waals surface area contributed by atoms with Crippen molar-refractivity contribution in [3.05, 3.63) is 17.5 Å². The van der Waals surface area contributed by atoms with E-state index in [2.05, 4.69) is 29.2 Å². The van der Waals surface area contributed by atoms with Crippen LogP contribution in [0.25, 0.3) is 0 Å². The monoisotopic (exact) mass is 294 g/mol. The number of carboxylic acids is 1. The highest BCUT2D eigenvalue weighted by atomic mass is 16.4. The summed E-state index contributed by atoms with van der Waals surface area (Å²) in [4.78, 5) is 13.6. The largest absolute Gasteiger partial charge is 0.478 e. The van der Waals surface area contributed by atoms with Crippen molar-refractivity contribution in [3.8, 4) is 0 Å². The normalized spacial score (nSPS) is 19.4. The van der Waals surface area contributed by atoms with Crippen molar-refractivity contribution in [2.45, 2.75) is 51.7 Å². The summed E-state index contributed by atoms with van der Waals surface area (Å²) >= 11 is 0. The summed E-state index contributed by atoms with van der Waals surface area (Å²) in [6.07, 6.45) is 5.16. The van der Waals surface area contributed by atoms with E-state index in [0.29, 0.717) is 24.2 Å². The highest BCUT2D eigenvalue weighted by Gasteiger charge is 2.22. The summed E-state index contributed by atoms with van der Waals surface area (Å²) in [7, 11) is 1.80. The predicted molar refractivity (Wildman–Crippen MR) is 81.4 cm³/mol. The zero-order valence-electron chi connectivity index (χ0n) is 13.2. The second-order valence-electron chi connectivity index (χ2n) is 6.10. The van der Waals surface area contributed by atoms with E-state index in [1.165, 1.54) is 25.5 Å². The number of aryl methyl sites for hydroxylation is 1. The molecule has 1 saturated heterocycles. The zero-order chi connectivity index (χ0) is 15.4. The molecule has 1 aromatic heterocycles.